The Morgan fingerprint density at radius 1 is 1.00 bits per heavy atom. The van der Waals surface area contributed by atoms with Crippen LogP contribution in [0.25, 0.3) is 0 Å². The third-order valence-corrected chi connectivity index (χ3v) is 2.97. The molecule has 0 amide bonds. The van der Waals surface area contributed by atoms with E-state index in [4.69, 9.17) is 0 Å². The first-order valence-electron chi connectivity index (χ1n) is 5.66. The molecule has 2 rings (SSSR count). The van der Waals surface area contributed by atoms with Gasteiger partial charge in [-0.05, 0) is 37.1 Å². The highest BCUT2D eigenvalue weighted by molar-refractivity contribution is 5.71. The molecule has 4 nitrogen and oxygen atoms in total. The second-order valence-electron chi connectivity index (χ2n) is 4.15. The molecule has 0 saturated carbocycles. The molecule has 0 radical (unpaired) electrons. The molecule has 18 heavy (non-hydrogen) atoms. The molecule has 0 aliphatic carbocycles. The van der Waals surface area contributed by atoms with Crippen molar-refractivity contribution in [2.24, 2.45) is 0 Å². The van der Waals surface area contributed by atoms with E-state index >= 15 is 0 Å². The molecule has 0 saturated heterocycles. The van der Waals surface area contributed by atoms with Gasteiger partial charge in [0.25, 0.3) is 5.69 Å². The normalized spacial score (nSPS) is 10.1. The Hall–Kier alpha value is -2.36. The van der Waals surface area contributed by atoms with Crippen LogP contribution in [0.15, 0.2) is 42.5 Å². The summed E-state index contributed by atoms with van der Waals surface area (Å²) in [5, 5.41) is 14.1. The Morgan fingerprint density at radius 3 is 2.39 bits per heavy atom. The summed E-state index contributed by atoms with van der Waals surface area (Å²) < 4.78 is 0. The molecule has 2 aromatic rings. The van der Waals surface area contributed by atoms with Gasteiger partial charge in [-0.25, -0.2) is 0 Å². The van der Waals surface area contributed by atoms with Crippen molar-refractivity contribution in [1.29, 1.82) is 0 Å². The Kier molecular flexibility index (Phi) is 3.28. The lowest BCUT2D eigenvalue weighted by molar-refractivity contribution is -0.383. The van der Waals surface area contributed by atoms with E-state index in [9.17, 15) is 10.1 Å². The molecule has 1 N–H and O–H groups in total. The number of hydrogen-bond acceptors (Lipinski definition) is 3. The van der Waals surface area contributed by atoms with Gasteiger partial charge >= 0.3 is 0 Å². The maximum atomic E-state index is 10.9. The first-order chi connectivity index (χ1) is 8.59. The molecule has 0 fully saturated rings. The molecule has 4 heteroatoms. The highest BCUT2D eigenvalue weighted by atomic mass is 16.6. The predicted octanol–water partition coefficient (Wildman–Crippen LogP) is 3.96. The monoisotopic (exact) mass is 242 g/mol. The van der Waals surface area contributed by atoms with Crippen LogP contribution in [0.4, 0.5) is 17.1 Å². The number of nitro groups is 1. The number of nitrogens with one attached hydrogen (secondary N) is 1. The highest BCUT2D eigenvalue weighted by Gasteiger charge is 2.13. The predicted molar refractivity (Wildman–Crippen MR) is 72.3 cm³/mol. The Morgan fingerprint density at radius 2 is 1.67 bits per heavy atom. The maximum Gasteiger partial charge on any atom is 0.292 e. The van der Waals surface area contributed by atoms with Crippen LogP contribution in [0.5, 0.6) is 0 Å². The highest BCUT2D eigenvalue weighted by Crippen LogP contribution is 2.29. The molecular weight excluding hydrogens is 228 g/mol. The molecule has 0 unspecified atom stereocenters. The van der Waals surface area contributed by atoms with E-state index in [1.54, 1.807) is 18.2 Å². The summed E-state index contributed by atoms with van der Waals surface area (Å²) in [5.41, 5.74) is 3.73. The Bertz CT molecular complexity index is 594. The van der Waals surface area contributed by atoms with E-state index in [1.807, 2.05) is 32.0 Å². The van der Waals surface area contributed by atoms with Crippen molar-refractivity contribution in [3.63, 3.8) is 0 Å². The SMILES string of the molecule is Cc1cccc(Nc2ccccc2[N+](=O)[O-])c1C. The van der Waals surface area contributed by atoms with E-state index in [1.165, 1.54) is 6.07 Å². The zero-order valence-corrected chi connectivity index (χ0v) is 10.3. The topological polar surface area (TPSA) is 55.2 Å². The Labute approximate surface area is 105 Å². The Balaban J connectivity index is 2.40. The fourth-order valence-corrected chi connectivity index (χ4v) is 1.77. The smallest absolute Gasteiger partial charge is 0.292 e. The summed E-state index contributed by atoms with van der Waals surface area (Å²) in [6, 6.07) is 12.5. The van der Waals surface area contributed by atoms with Gasteiger partial charge in [0.05, 0.1) is 4.92 Å². The zero-order valence-electron chi connectivity index (χ0n) is 10.3. The molecule has 0 heterocycles. The minimum Gasteiger partial charge on any atom is -0.350 e. The lowest BCUT2D eigenvalue weighted by Crippen LogP contribution is -1.98. The number of hydrogen-bond donors (Lipinski definition) is 1. The second-order valence-corrected chi connectivity index (χ2v) is 4.15. The maximum absolute atomic E-state index is 10.9. The van der Waals surface area contributed by atoms with E-state index < -0.39 is 0 Å². The standard InChI is InChI=1S/C14H14N2O2/c1-10-6-5-8-12(11(10)2)15-13-7-3-4-9-14(13)16(17)18/h3-9,15H,1-2H3. The molecular formula is C14H14N2O2. The van der Waals surface area contributed by atoms with Crippen molar-refractivity contribution in [3.05, 3.63) is 63.7 Å². The van der Waals surface area contributed by atoms with Crippen LogP contribution in [0.2, 0.25) is 0 Å². The van der Waals surface area contributed by atoms with Gasteiger partial charge in [0.1, 0.15) is 5.69 Å². The third kappa shape index (κ3) is 2.32. The summed E-state index contributed by atoms with van der Waals surface area (Å²) in [7, 11) is 0. The van der Waals surface area contributed by atoms with Crippen molar-refractivity contribution in [1.82, 2.24) is 0 Å². The number of nitrogens with zero attached hydrogens (tertiary/aromatic N) is 1. The largest absolute Gasteiger partial charge is 0.350 e. The number of benzene rings is 2. The van der Waals surface area contributed by atoms with Crippen LogP contribution >= 0.6 is 0 Å². The summed E-state index contributed by atoms with van der Waals surface area (Å²) in [6.07, 6.45) is 0. The number of rotatable bonds is 3. The van der Waals surface area contributed by atoms with E-state index in [0.29, 0.717) is 5.69 Å². The fraction of sp³-hybridized carbons (Fsp3) is 0.143. The molecule has 0 bridgehead atoms. The van der Waals surface area contributed by atoms with Gasteiger partial charge in [-0.3, -0.25) is 10.1 Å². The third-order valence-electron chi connectivity index (χ3n) is 2.97. The minimum atomic E-state index is -0.381. The molecule has 92 valence electrons. The number of aryl methyl sites for hydroxylation is 1. The first-order valence-corrected chi connectivity index (χ1v) is 5.66. The molecule has 2 aromatic carbocycles. The van der Waals surface area contributed by atoms with Crippen molar-refractivity contribution in [3.8, 4) is 0 Å². The lowest BCUT2D eigenvalue weighted by atomic mass is 10.1. The van der Waals surface area contributed by atoms with Crippen molar-refractivity contribution < 1.29 is 4.92 Å². The van der Waals surface area contributed by atoms with Gasteiger partial charge in [0.15, 0.2) is 0 Å². The van der Waals surface area contributed by atoms with Gasteiger partial charge in [-0.15, -0.1) is 0 Å². The van der Waals surface area contributed by atoms with Crippen LogP contribution in [0.3, 0.4) is 0 Å². The fourth-order valence-electron chi connectivity index (χ4n) is 1.77. The van der Waals surface area contributed by atoms with Gasteiger partial charge in [-0.2, -0.15) is 0 Å². The molecule has 0 aliphatic rings. The van der Waals surface area contributed by atoms with E-state index in [0.717, 1.165) is 16.8 Å². The van der Waals surface area contributed by atoms with Gasteiger partial charge < -0.3 is 5.32 Å². The van der Waals surface area contributed by atoms with Crippen molar-refractivity contribution >= 4 is 17.1 Å². The zero-order chi connectivity index (χ0) is 13.1. The summed E-state index contributed by atoms with van der Waals surface area (Å²) in [5.74, 6) is 0. The lowest BCUT2D eigenvalue weighted by Gasteiger charge is -2.11. The van der Waals surface area contributed by atoms with Crippen molar-refractivity contribution in [2.75, 3.05) is 5.32 Å². The van der Waals surface area contributed by atoms with Crippen LogP contribution in [0, 0.1) is 24.0 Å². The molecule has 0 atom stereocenters. The molecule has 0 aliphatic heterocycles. The summed E-state index contributed by atoms with van der Waals surface area (Å²) in [4.78, 5) is 10.5. The quantitative estimate of drug-likeness (QED) is 0.654. The van der Waals surface area contributed by atoms with Crippen LogP contribution < -0.4 is 5.32 Å². The minimum absolute atomic E-state index is 0.0819. The van der Waals surface area contributed by atoms with Crippen LogP contribution in [-0.2, 0) is 0 Å². The molecule has 0 spiro atoms. The van der Waals surface area contributed by atoms with Crippen molar-refractivity contribution in [2.45, 2.75) is 13.8 Å². The second kappa shape index (κ2) is 4.87. The first kappa shape index (κ1) is 12.1. The van der Waals surface area contributed by atoms with Gasteiger partial charge in [0.2, 0.25) is 0 Å². The van der Waals surface area contributed by atoms with Gasteiger partial charge in [-0.1, -0.05) is 24.3 Å². The van der Waals surface area contributed by atoms with Gasteiger partial charge in [0, 0.05) is 11.8 Å². The number of nitro benzene ring substituents is 1. The average molecular weight is 242 g/mol. The average Bonchev–Trinajstić information content (AvgIpc) is 2.35. The van der Waals surface area contributed by atoms with E-state index in [-0.39, 0.29) is 10.6 Å². The summed E-state index contributed by atoms with van der Waals surface area (Å²) in [6.45, 7) is 4.01. The van der Waals surface area contributed by atoms with E-state index in [2.05, 4.69) is 5.32 Å². The molecule has 0 aromatic heterocycles. The summed E-state index contributed by atoms with van der Waals surface area (Å²) >= 11 is 0. The number of para-hydroxylation sites is 2. The van der Waals surface area contributed by atoms with Crippen LogP contribution in [-0.4, -0.2) is 4.92 Å². The van der Waals surface area contributed by atoms with Crippen LogP contribution in [0.1, 0.15) is 11.1 Å². The number of anilines is 2.